The summed E-state index contributed by atoms with van der Waals surface area (Å²) in [6.07, 6.45) is 2.27. The van der Waals surface area contributed by atoms with Gasteiger partial charge < -0.3 is 15.8 Å². The standard InChI is InChI=1S/C7H10N2O3/c8-6(10)1-2-7(11)9-3-5-4-12-5/h1-2,5H,3-4H2,(H2,8,10)(H,9,11). The minimum absolute atomic E-state index is 0.149. The summed E-state index contributed by atoms with van der Waals surface area (Å²) in [5.74, 6) is -0.961. The zero-order valence-corrected chi connectivity index (χ0v) is 6.45. The average Bonchev–Trinajstić information content (AvgIpc) is 2.80. The summed E-state index contributed by atoms with van der Waals surface area (Å²) in [4.78, 5) is 21.0. The maximum Gasteiger partial charge on any atom is 0.244 e. The van der Waals surface area contributed by atoms with E-state index in [1.165, 1.54) is 0 Å². The van der Waals surface area contributed by atoms with Gasteiger partial charge in [-0.1, -0.05) is 0 Å². The molecule has 5 nitrogen and oxygen atoms in total. The van der Waals surface area contributed by atoms with E-state index in [9.17, 15) is 9.59 Å². The Labute approximate surface area is 69.6 Å². The molecule has 1 rings (SSSR count). The molecule has 2 amide bonds. The van der Waals surface area contributed by atoms with Crippen molar-refractivity contribution in [2.75, 3.05) is 13.2 Å². The largest absolute Gasteiger partial charge is 0.371 e. The Morgan fingerprint density at radius 1 is 1.58 bits per heavy atom. The van der Waals surface area contributed by atoms with Crippen LogP contribution in [0.4, 0.5) is 0 Å². The molecule has 1 aliphatic heterocycles. The van der Waals surface area contributed by atoms with Crippen LogP contribution in [0.5, 0.6) is 0 Å². The Bertz CT molecular complexity index is 221. The molecule has 1 heterocycles. The maximum atomic E-state index is 10.8. The SMILES string of the molecule is NC(=O)C=CC(=O)NCC1CO1. The minimum Gasteiger partial charge on any atom is -0.371 e. The first-order chi connectivity index (χ1) is 5.68. The summed E-state index contributed by atoms with van der Waals surface area (Å²) in [5, 5.41) is 2.54. The molecular formula is C7H10N2O3. The monoisotopic (exact) mass is 170 g/mol. The molecule has 0 aromatic carbocycles. The number of carbonyl (C=O) groups excluding carboxylic acids is 2. The van der Waals surface area contributed by atoms with Gasteiger partial charge in [-0.15, -0.1) is 0 Å². The van der Waals surface area contributed by atoms with Crippen molar-refractivity contribution >= 4 is 11.8 Å². The topological polar surface area (TPSA) is 84.7 Å². The zero-order valence-electron chi connectivity index (χ0n) is 6.45. The summed E-state index contributed by atoms with van der Waals surface area (Å²) in [7, 11) is 0. The zero-order chi connectivity index (χ0) is 8.97. The molecule has 0 bridgehead atoms. The molecule has 1 fully saturated rings. The Morgan fingerprint density at radius 2 is 2.25 bits per heavy atom. The number of epoxide rings is 1. The molecule has 1 aliphatic rings. The van der Waals surface area contributed by atoms with Crippen LogP contribution >= 0.6 is 0 Å². The number of primary amides is 1. The Balaban J connectivity index is 2.13. The van der Waals surface area contributed by atoms with Gasteiger partial charge in [0.2, 0.25) is 11.8 Å². The van der Waals surface area contributed by atoms with Crippen molar-refractivity contribution in [1.82, 2.24) is 5.32 Å². The highest BCUT2D eigenvalue weighted by molar-refractivity contribution is 5.95. The van der Waals surface area contributed by atoms with Crippen LogP contribution in [0.15, 0.2) is 12.2 Å². The lowest BCUT2D eigenvalue weighted by atomic mass is 10.4. The van der Waals surface area contributed by atoms with Gasteiger partial charge in [0.1, 0.15) is 0 Å². The van der Waals surface area contributed by atoms with Crippen LogP contribution in [-0.4, -0.2) is 31.1 Å². The molecule has 0 saturated carbocycles. The summed E-state index contributed by atoms with van der Waals surface area (Å²) >= 11 is 0. The van der Waals surface area contributed by atoms with Gasteiger partial charge in [-0.25, -0.2) is 0 Å². The molecule has 0 aromatic heterocycles. The van der Waals surface area contributed by atoms with Crippen LogP contribution in [0.1, 0.15) is 0 Å². The first-order valence-corrected chi connectivity index (χ1v) is 3.55. The van der Waals surface area contributed by atoms with Crippen molar-refractivity contribution < 1.29 is 14.3 Å². The van der Waals surface area contributed by atoms with Crippen LogP contribution < -0.4 is 11.1 Å². The normalized spacial score (nSPS) is 20.8. The summed E-state index contributed by atoms with van der Waals surface area (Å²) in [6.45, 7) is 1.18. The fourth-order valence-corrected chi connectivity index (χ4v) is 0.617. The number of rotatable bonds is 4. The molecule has 66 valence electrons. The maximum absolute atomic E-state index is 10.8. The van der Waals surface area contributed by atoms with Crippen molar-refractivity contribution in [2.24, 2.45) is 5.73 Å². The molecule has 0 aromatic rings. The van der Waals surface area contributed by atoms with Gasteiger partial charge >= 0.3 is 0 Å². The van der Waals surface area contributed by atoms with Crippen LogP contribution in [0.3, 0.4) is 0 Å². The molecular weight excluding hydrogens is 160 g/mol. The van der Waals surface area contributed by atoms with Crippen LogP contribution in [0.2, 0.25) is 0 Å². The Morgan fingerprint density at radius 3 is 2.75 bits per heavy atom. The average molecular weight is 170 g/mol. The van der Waals surface area contributed by atoms with Gasteiger partial charge in [0.15, 0.2) is 0 Å². The second kappa shape index (κ2) is 3.87. The summed E-state index contributed by atoms with van der Waals surface area (Å²) < 4.78 is 4.85. The second-order valence-electron chi connectivity index (χ2n) is 2.44. The predicted molar refractivity (Wildman–Crippen MR) is 41.1 cm³/mol. The fraction of sp³-hybridized carbons (Fsp3) is 0.429. The van der Waals surface area contributed by atoms with Gasteiger partial charge in [-0.3, -0.25) is 9.59 Å². The van der Waals surface area contributed by atoms with E-state index in [0.29, 0.717) is 13.2 Å². The number of amides is 2. The highest BCUT2D eigenvalue weighted by Crippen LogP contribution is 2.05. The number of carbonyl (C=O) groups is 2. The van der Waals surface area contributed by atoms with Gasteiger partial charge in [0.25, 0.3) is 0 Å². The van der Waals surface area contributed by atoms with E-state index in [0.717, 1.165) is 12.2 Å². The van der Waals surface area contributed by atoms with Gasteiger partial charge in [-0.2, -0.15) is 0 Å². The number of nitrogens with two attached hydrogens (primary N) is 1. The first-order valence-electron chi connectivity index (χ1n) is 3.55. The molecule has 12 heavy (non-hydrogen) atoms. The van der Waals surface area contributed by atoms with E-state index in [4.69, 9.17) is 10.5 Å². The summed E-state index contributed by atoms with van der Waals surface area (Å²) in [6, 6.07) is 0. The molecule has 0 spiro atoms. The number of ether oxygens (including phenoxy) is 1. The van der Waals surface area contributed by atoms with Crippen molar-refractivity contribution in [3.63, 3.8) is 0 Å². The Hall–Kier alpha value is -1.36. The van der Waals surface area contributed by atoms with E-state index in [-0.39, 0.29) is 12.0 Å². The third-order valence-electron chi connectivity index (χ3n) is 1.31. The molecule has 1 atom stereocenters. The van der Waals surface area contributed by atoms with Crippen molar-refractivity contribution in [2.45, 2.75) is 6.10 Å². The molecule has 1 saturated heterocycles. The van der Waals surface area contributed by atoms with E-state index < -0.39 is 5.91 Å². The molecule has 3 N–H and O–H groups in total. The second-order valence-corrected chi connectivity index (χ2v) is 2.44. The molecule has 0 aliphatic carbocycles. The lowest BCUT2D eigenvalue weighted by Crippen LogP contribution is -2.25. The number of nitrogens with one attached hydrogen (secondary N) is 1. The lowest BCUT2D eigenvalue weighted by molar-refractivity contribution is -0.117. The third-order valence-corrected chi connectivity index (χ3v) is 1.31. The quantitative estimate of drug-likeness (QED) is 0.399. The first kappa shape index (κ1) is 8.73. The smallest absolute Gasteiger partial charge is 0.244 e. The van der Waals surface area contributed by atoms with E-state index in [1.54, 1.807) is 0 Å². The van der Waals surface area contributed by atoms with Crippen LogP contribution in [-0.2, 0) is 14.3 Å². The Kier molecular flexibility index (Phi) is 2.82. The van der Waals surface area contributed by atoms with Crippen LogP contribution in [0, 0.1) is 0 Å². The van der Waals surface area contributed by atoms with E-state index in [1.807, 2.05) is 0 Å². The highest BCUT2D eigenvalue weighted by atomic mass is 16.6. The highest BCUT2D eigenvalue weighted by Gasteiger charge is 2.22. The van der Waals surface area contributed by atoms with Gasteiger partial charge in [-0.05, 0) is 0 Å². The van der Waals surface area contributed by atoms with E-state index in [2.05, 4.69) is 5.32 Å². The van der Waals surface area contributed by atoms with Crippen molar-refractivity contribution in [3.05, 3.63) is 12.2 Å². The molecule has 1 unspecified atom stereocenters. The summed E-state index contributed by atoms with van der Waals surface area (Å²) in [5.41, 5.74) is 4.78. The number of hydrogen-bond donors (Lipinski definition) is 2. The third kappa shape index (κ3) is 3.72. The molecule has 0 radical (unpaired) electrons. The molecule has 5 heteroatoms. The van der Waals surface area contributed by atoms with E-state index >= 15 is 0 Å². The van der Waals surface area contributed by atoms with Crippen molar-refractivity contribution in [3.8, 4) is 0 Å². The fourth-order valence-electron chi connectivity index (χ4n) is 0.617. The van der Waals surface area contributed by atoms with Gasteiger partial charge in [0, 0.05) is 18.7 Å². The lowest BCUT2D eigenvalue weighted by Gasteiger charge is -1.95. The predicted octanol–water partition coefficient (Wildman–Crippen LogP) is -1.46. The van der Waals surface area contributed by atoms with Gasteiger partial charge in [0.05, 0.1) is 12.7 Å². The minimum atomic E-state index is -0.632. The van der Waals surface area contributed by atoms with Crippen LogP contribution in [0.25, 0.3) is 0 Å². The van der Waals surface area contributed by atoms with Crippen molar-refractivity contribution in [1.29, 1.82) is 0 Å². The number of hydrogen-bond acceptors (Lipinski definition) is 3.